The highest BCUT2D eigenvalue weighted by Crippen LogP contribution is 2.55. The molecule has 3 nitrogen and oxygen atoms in total. The molecule has 2 fully saturated rings. The SMILES string of the molecule is CCCCC1NC(C)N(C2(C(F)(F)F)CC2)C1=O. The van der Waals surface area contributed by atoms with Crippen molar-refractivity contribution in [2.24, 2.45) is 0 Å². The summed E-state index contributed by atoms with van der Waals surface area (Å²) in [5.41, 5.74) is -1.89. The number of nitrogens with zero attached hydrogens (tertiary/aromatic N) is 1. The molecule has 0 aromatic rings. The number of unbranched alkanes of at least 4 members (excludes halogenated alkanes) is 1. The first-order chi connectivity index (χ1) is 8.33. The van der Waals surface area contributed by atoms with Gasteiger partial charge in [-0.15, -0.1) is 0 Å². The monoisotopic (exact) mass is 264 g/mol. The largest absolute Gasteiger partial charge is 0.411 e. The van der Waals surface area contributed by atoms with Gasteiger partial charge in [0.2, 0.25) is 5.91 Å². The Morgan fingerprint density at radius 1 is 1.44 bits per heavy atom. The van der Waals surface area contributed by atoms with Crippen molar-refractivity contribution < 1.29 is 18.0 Å². The molecule has 6 heteroatoms. The molecule has 1 saturated heterocycles. The molecule has 1 heterocycles. The van der Waals surface area contributed by atoms with Crippen LogP contribution < -0.4 is 5.32 Å². The smallest absolute Gasteiger partial charge is 0.311 e. The van der Waals surface area contributed by atoms with Crippen LogP contribution in [0.2, 0.25) is 0 Å². The van der Waals surface area contributed by atoms with E-state index in [1.54, 1.807) is 6.92 Å². The molecule has 0 spiro atoms. The van der Waals surface area contributed by atoms with Crippen molar-refractivity contribution in [3.63, 3.8) is 0 Å². The van der Waals surface area contributed by atoms with Gasteiger partial charge in [0.05, 0.1) is 12.2 Å². The van der Waals surface area contributed by atoms with Gasteiger partial charge in [-0.1, -0.05) is 19.8 Å². The fraction of sp³-hybridized carbons (Fsp3) is 0.917. The maximum Gasteiger partial charge on any atom is 0.411 e. The Bertz CT molecular complexity index is 339. The second kappa shape index (κ2) is 4.40. The fourth-order valence-corrected chi connectivity index (χ4v) is 2.77. The molecule has 2 aliphatic rings. The number of hydrogen-bond acceptors (Lipinski definition) is 2. The molecule has 0 aromatic carbocycles. The maximum absolute atomic E-state index is 13.1. The van der Waals surface area contributed by atoms with E-state index >= 15 is 0 Å². The molecule has 1 amide bonds. The number of rotatable bonds is 4. The highest BCUT2D eigenvalue weighted by molar-refractivity contribution is 5.85. The van der Waals surface area contributed by atoms with Crippen LogP contribution in [0.1, 0.15) is 46.0 Å². The summed E-state index contributed by atoms with van der Waals surface area (Å²) in [5, 5.41) is 2.98. The minimum Gasteiger partial charge on any atom is -0.311 e. The summed E-state index contributed by atoms with van der Waals surface area (Å²) in [6.07, 6.45) is -2.37. The number of nitrogens with one attached hydrogen (secondary N) is 1. The first kappa shape index (κ1) is 13.6. The molecule has 0 aromatic heterocycles. The lowest BCUT2D eigenvalue weighted by Gasteiger charge is -2.32. The molecule has 1 aliphatic heterocycles. The van der Waals surface area contributed by atoms with Crippen molar-refractivity contribution in [2.75, 3.05) is 0 Å². The van der Waals surface area contributed by atoms with Crippen molar-refractivity contribution in [2.45, 2.75) is 69.9 Å². The van der Waals surface area contributed by atoms with Crippen LogP contribution in [0.25, 0.3) is 0 Å². The first-order valence-electron chi connectivity index (χ1n) is 6.49. The van der Waals surface area contributed by atoms with Crippen molar-refractivity contribution in [1.82, 2.24) is 10.2 Å². The average Bonchev–Trinajstić information content (AvgIpc) is 3.00. The molecule has 18 heavy (non-hydrogen) atoms. The van der Waals surface area contributed by atoms with E-state index in [0.29, 0.717) is 6.42 Å². The highest BCUT2D eigenvalue weighted by atomic mass is 19.4. The molecule has 0 radical (unpaired) electrons. The predicted molar refractivity (Wildman–Crippen MR) is 60.8 cm³/mol. The number of carbonyl (C=O) groups is 1. The van der Waals surface area contributed by atoms with E-state index in [1.807, 2.05) is 6.92 Å². The van der Waals surface area contributed by atoms with E-state index in [9.17, 15) is 18.0 Å². The number of carbonyl (C=O) groups excluding carboxylic acids is 1. The van der Waals surface area contributed by atoms with Crippen molar-refractivity contribution >= 4 is 5.91 Å². The third-order valence-corrected chi connectivity index (χ3v) is 3.92. The molecule has 104 valence electrons. The average molecular weight is 264 g/mol. The van der Waals surface area contributed by atoms with Crippen LogP contribution in [-0.4, -0.2) is 34.7 Å². The third kappa shape index (κ3) is 2.00. The van der Waals surface area contributed by atoms with E-state index in [0.717, 1.165) is 17.7 Å². The van der Waals surface area contributed by atoms with Gasteiger partial charge in [-0.2, -0.15) is 13.2 Å². The van der Waals surface area contributed by atoms with E-state index in [2.05, 4.69) is 5.32 Å². The minimum absolute atomic E-state index is 0.0365. The second-order valence-electron chi connectivity index (χ2n) is 5.28. The van der Waals surface area contributed by atoms with Gasteiger partial charge in [-0.25, -0.2) is 0 Å². The van der Waals surface area contributed by atoms with Gasteiger partial charge in [0.15, 0.2) is 0 Å². The Labute approximate surface area is 105 Å². The summed E-state index contributed by atoms with van der Waals surface area (Å²) in [6, 6.07) is -0.445. The van der Waals surface area contributed by atoms with Crippen LogP contribution in [0, 0.1) is 0 Å². The van der Waals surface area contributed by atoms with Crippen molar-refractivity contribution in [1.29, 1.82) is 0 Å². The van der Waals surface area contributed by atoms with Crippen molar-refractivity contribution in [3.8, 4) is 0 Å². The van der Waals surface area contributed by atoms with Crippen LogP contribution in [-0.2, 0) is 4.79 Å². The molecule has 2 unspecified atom stereocenters. The summed E-state index contributed by atoms with van der Waals surface area (Å²) >= 11 is 0. The Morgan fingerprint density at radius 2 is 2.06 bits per heavy atom. The second-order valence-corrected chi connectivity index (χ2v) is 5.28. The quantitative estimate of drug-likeness (QED) is 0.845. The van der Waals surface area contributed by atoms with Crippen LogP contribution >= 0.6 is 0 Å². The fourth-order valence-electron chi connectivity index (χ4n) is 2.77. The standard InChI is InChI=1S/C12H19F3N2O/c1-3-4-5-9-10(18)17(8(2)16-9)11(6-7-11)12(13,14)15/h8-9,16H,3-7H2,1-2H3. The predicted octanol–water partition coefficient (Wildman–Crippen LogP) is 2.42. The van der Waals surface area contributed by atoms with Gasteiger partial charge in [0, 0.05) is 0 Å². The Morgan fingerprint density at radius 3 is 2.50 bits per heavy atom. The van der Waals surface area contributed by atoms with E-state index < -0.39 is 23.9 Å². The molecule has 1 aliphatic carbocycles. The lowest BCUT2D eigenvalue weighted by Crippen LogP contribution is -2.53. The number of alkyl halides is 3. The normalized spacial score (nSPS) is 30.9. The molecule has 1 N–H and O–H groups in total. The van der Waals surface area contributed by atoms with Gasteiger partial charge >= 0.3 is 6.18 Å². The van der Waals surface area contributed by atoms with Gasteiger partial charge in [-0.3, -0.25) is 10.1 Å². The Balaban J connectivity index is 2.13. The molecular formula is C12H19F3N2O. The van der Waals surface area contributed by atoms with Crippen molar-refractivity contribution in [3.05, 3.63) is 0 Å². The zero-order valence-corrected chi connectivity index (χ0v) is 10.7. The van der Waals surface area contributed by atoms with E-state index in [4.69, 9.17) is 0 Å². The Kier molecular flexibility index (Phi) is 3.34. The number of halogens is 3. The lowest BCUT2D eigenvalue weighted by molar-refractivity contribution is -0.201. The summed E-state index contributed by atoms with van der Waals surface area (Å²) in [6.45, 7) is 3.63. The van der Waals surface area contributed by atoms with E-state index in [-0.39, 0.29) is 18.7 Å². The number of hydrogen-bond donors (Lipinski definition) is 1. The van der Waals surface area contributed by atoms with Crippen LogP contribution in [0.15, 0.2) is 0 Å². The van der Waals surface area contributed by atoms with Gasteiger partial charge < -0.3 is 4.90 Å². The van der Waals surface area contributed by atoms with E-state index in [1.165, 1.54) is 0 Å². The molecule has 0 bridgehead atoms. The minimum atomic E-state index is -4.32. The summed E-state index contributed by atoms with van der Waals surface area (Å²) in [7, 11) is 0. The molecule has 2 rings (SSSR count). The van der Waals surface area contributed by atoms with Gasteiger partial charge in [0.25, 0.3) is 0 Å². The van der Waals surface area contributed by atoms with Gasteiger partial charge in [0.1, 0.15) is 5.54 Å². The maximum atomic E-state index is 13.1. The summed E-state index contributed by atoms with van der Waals surface area (Å²) < 4.78 is 39.2. The van der Waals surface area contributed by atoms with Gasteiger partial charge in [-0.05, 0) is 26.2 Å². The highest BCUT2D eigenvalue weighted by Gasteiger charge is 2.70. The Hall–Kier alpha value is -0.780. The third-order valence-electron chi connectivity index (χ3n) is 3.92. The molecule has 2 atom stereocenters. The zero-order valence-electron chi connectivity index (χ0n) is 10.7. The lowest BCUT2D eigenvalue weighted by atomic mass is 10.1. The zero-order chi connectivity index (χ0) is 13.6. The first-order valence-corrected chi connectivity index (χ1v) is 6.49. The van der Waals surface area contributed by atoms with Crippen LogP contribution in [0.3, 0.4) is 0 Å². The summed E-state index contributed by atoms with van der Waals surface area (Å²) in [5.74, 6) is -0.384. The molecule has 1 saturated carbocycles. The number of amides is 1. The van der Waals surface area contributed by atoms with Crippen LogP contribution in [0.4, 0.5) is 13.2 Å². The topological polar surface area (TPSA) is 32.3 Å². The molecular weight excluding hydrogens is 245 g/mol. The van der Waals surface area contributed by atoms with Crippen LogP contribution in [0.5, 0.6) is 0 Å². The summed E-state index contributed by atoms with van der Waals surface area (Å²) in [4.78, 5) is 13.2.